The van der Waals surface area contributed by atoms with E-state index >= 15 is 0 Å². The van der Waals surface area contributed by atoms with Gasteiger partial charge in [-0.1, -0.05) is 62.7 Å². The molecule has 0 aromatic heterocycles. The second kappa shape index (κ2) is 10.1. The molecule has 2 amide bonds. The smallest absolute Gasteiger partial charge is 0.339 e. The van der Waals surface area contributed by atoms with Crippen LogP contribution in [0.15, 0.2) is 64.8 Å². The molecule has 3 aliphatic rings. The summed E-state index contributed by atoms with van der Waals surface area (Å²) in [6.07, 6.45) is -3.71. The van der Waals surface area contributed by atoms with E-state index in [-0.39, 0.29) is 35.3 Å². The molecular weight excluding hydrogens is 495 g/mol. The van der Waals surface area contributed by atoms with E-state index in [1.165, 1.54) is 24.3 Å². The van der Waals surface area contributed by atoms with E-state index in [0.29, 0.717) is 38.3 Å². The summed E-state index contributed by atoms with van der Waals surface area (Å²) in [5.41, 5.74) is -1.24. The summed E-state index contributed by atoms with van der Waals surface area (Å²) < 4.78 is 39.9. The summed E-state index contributed by atoms with van der Waals surface area (Å²) >= 11 is 0. The van der Waals surface area contributed by atoms with E-state index in [2.05, 4.69) is 29.0 Å². The zero-order valence-corrected chi connectivity index (χ0v) is 21.6. The standard InChI is InChI=1S/C28H32F3N5O2/c1-3-19(2)24(20-7-5-4-6-8-20)26(38)36-16-14-34-13-15-35(17-23(34)18-36)25(37)21-9-11-22(12-10-21)27(32-33-27)28(29,30)31/h4-12,19,23-24H,3,13-18H2,1-2H3. The average molecular weight is 528 g/mol. The molecule has 5 rings (SSSR count). The molecule has 38 heavy (non-hydrogen) atoms. The van der Waals surface area contributed by atoms with Crippen LogP contribution in [0.3, 0.4) is 0 Å². The quantitative estimate of drug-likeness (QED) is 0.549. The van der Waals surface area contributed by atoms with Crippen LogP contribution in [0.5, 0.6) is 0 Å². The molecule has 2 aromatic rings. The van der Waals surface area contributed by atoms with Gasteiger partial charge >= 0.3 is 11.8 Å². The van der Waals surface area contributed by atoms with Crippen molar-refractivity contribution in [2.75, 3.05) is 39.3 Å². The number of alkyl halides is 3. The Kier molecular flexibility index (Phi) is 7.02. The molecule has 0 saturated carbocycles. The molecule has 0 spiro atoms. The molecule has 3 atom stereocenters. The molecule has 7 nitrogen and oxygen atoms in total. The lowest BCUT2D eigenvalue weighted by Crippen LogP contribution is -2.63. The van der Waals surface area contributed by atoms with Gasteiger partial charge in [0.1, 0.15) is 0 Å². The minimum atomic E-state index is -4.60. The van der Waals surface area contributed by atoms with Gasteiger partial charge in [-0.15, -0.1) is 10.2 Å². The molecule has 3 heterocycles. The molecule has 10 heteroatoms. The number of rotatable bonds is 6. The summed E-state index contributed by atoms with van der Waals surface area (Å²) in [7, 11) is 0. The van der Waals surface area contributed by atoms with E-state index in [1.54, 1.807) is 4.90 Å². The van der Waals surface area contributed by atoms with Crippen molar-refractivity contribution in [3.05, 3.63) is 71.3 Å². The van der Waals surface area contributed by atoms with Crippen molar-refractivity contribution in [1.82, 2.24) is 14.7 Å². The van der Waals surface area contributed by atoms with Crippen LogP contribution in [-0.2, 0) is 10.5 Å². The number of amides is 2. The molecule has 3 unspecified atom stereocenters. The molecule has 0 N–H and O–H groups in total. The van der Waals surface area contributed by atoms with E-state index in [9.17, 15) is 22.8 Å². The van der Waals surface area contributed by atoms with E-state index in [1.807, 2.05) is 35.2 Å². The summed E-state index contributed by atoms with van der Waals surface area (Å²) in [5.74, 6) is -0.119. The fourth-order valence-electron chi connectivity index (χ4n) is 5.62. The van der Waals surface area contributed by atoms with Crippen molar-refractivity contribution in [2.24, 2.45) is 16.1 Å². The first-order valence-electron chi connectivity index (χ1n) is 13.1. The number of nitrogens with zero attached hydrogens (tertiary/aromatic N) is 5. The van der Waals surface area contributed by atoms with Crippen molar-refractivity contribution >= 4 is 11.8 Å². The van der Waals surface area contributed by atoms with Crippen LogP contribution in [0.4, 0.5) is 13.2 Å². The minimum Gasteiger partial charge on any atom is -0.339 e. The maximum absolute atomic E-state index is 13.7. The third-order valence-corrected chi connectivity index (χ3v) is 8.16. The van der Waals surface area contributed by atoms with Gasteiger partial charge in [0, 0.05) is 56.4 Å². The van der Waals surface area contributed by atoms with Crippen molar-refractivity contribution < 1.29 is 22.8 Å². The number of carbonyl (C=O) groups is 2. The third kappa shape index (κ3) is 4.81. The zero-order chi connectivity index (χ0) is 27.1. The lowest BCUT2D eigenvalue weighted by atomic mass is 9.84. The fourth-order valence-corrected chi connectivity index (χ4v) is 5.62. The normalized spacial score (nSPS) is 22.5. The van der Waals surface area contributed by atoms with Gasteiger partial charge in [0.05, 0.1) is 5.92 Å². The summed E-state index contributed by atoms with van der Waals surface area (Å²) in [4.78, 5) is 33.0. The highest BCUT2D eigenvalue weighted by Gasteiger charge is 2.65. The second-order valence-electron chi connectivity index (χ2n) is 10.4. The van der Waals surface area contributed by atoms with Crippen molar-refractivity contribution in [3.63, 3.8) is 0 Å². The fraction of sp³-hybridized carbons (Fsp3) is 0.500. The molecule has 0 bridgehead atoms. The third-order valence-electron chi connectivity index (χ3n) is 8.16. The molecule has 0 radical (unpaired) electrons. The first-order valence-corrected chi connectivity index (χ1v) is 13.1. The lowest BCUT2D eigenvalue weighted by Gasteiger charge is -2.48. The Balaban J connectivity index is 1.26. The first kappa shape index (κ1) is 26.3. The summed E-state index contributed by atoms with van der Waals surface area (Å²) in [6, 6.07) is 15.3. The molecule has 202 valence electrons. The lowest BCUT2D eigenvalue weighted by molar-refractivity contribution is -0.166. The van der Waals surface area contributed by atoms with E-state index < -0.39 is 11.8 Å². The Labute approximate surface area is 220 Å². The minimum absolute atomic E-state index is 0.00981. The monoisotopic (exact) mass is 527 g/mol. The number of halogens is 3. The van der Waals surface area contributed by atoms with Gasteiger partial charge in [0.15, 0.2) is 0 Å². The number of hydrogen-bond acceptors (Lipinski definition) is 5. The van der Waals surface area contributed by atoms with Gasteiger partial charge in [-0.2, -0.15) is 13.2 Å². The number of piperazine rings is 2. The highest BCUT2D eigenvalue weighted by Crippen LogP contribution is 2.52. The Morgan fingerprint density at radius 1 is 0.947 bits per heavy atom. The van der Waals surface area contributed by atoms with Crippen LogP contribution in [0.25, 0.3) is 0 Å². The SMILES string of the molecule is CCC(C)C(C(=O)N1CCN2CCN(C(=O)c3ccc(C4(C(F)(F)F)N=N4)cc3)CC2C1)c1ccccc1. The Hall–Kier alpha value is -3.27. The largest absolute Gasteiger partial charge is 0.442 e. The highest BCUT2D eigenvalue weighted by atomic mass is 19.4. The second-order valence-corrected chi connectivity index (χ2v) is 10.4. The molecule has 0 aliphatic carbocycles. The molecule has 3 aliphatic heterocycles. The van der Waals surface area contributed by atoms with Crippen LogP contribution in [0.2, 0.25) is 0 Å². The summed E-state index contributed by atoms with van der Waals surface area (Å²) in [5, 5.41) is 6.44. The van der Waals surface area contributed by atoms with E-state index in [0.717, 1.165) is 18.5 Å². The van der Waals surface area contributed by atoms with Gasteiger partial charge < -0.3 is 9.80 Å². The predicted octanol–water partition coefficient (Wildman–Crippen LogP) is 4.67. The van der Waals surface area contributed by atoms with Crippen LogP contribution < -0.4 is 0 Å². The number of fused-ring (bicyclic) bond motifs is 1. The van der Waals surface area contributed by atoms with Gasteiger partial charge in [-0.25, -0.2) is 0 Å². The van der Waals surface area contributed by atoms with Crippen LogP contribution >= 0.6 is 0 Å². The van der Waals surface area contributed by atoms with Crippen LogP contribution in [0, 0.1) is 5.92 Å². The van der Waals surface area contributed by atoms with Gasteiger partial charge in [-0.3, -0.25) is 14.5 Å². The Morgan fingerprint density at radius 3 is 2.13 bits per heavy atom. The number of benzene rings is 2. The van der Waals surface area contributed by atoms with Crippen molar-refractivity contribution in [1.29, 1.82) is 0 Å². The maximum atomic E-state index is 13.7. The zero-order valence-electron chi connectivity index (χ0n) is 21.6. The highest BCUT2D eigenvalue weighted by molar-refractivity contribution is 5.94. The van der Waals surface area contributed by atoms with Crippen molar-refractivity contribution in [2.45, 2.75) is 44.1 Å². The van der Waals surface area contributed by atoms with E-state index in [4.69, 9.17) is 0 Å². The number of carbonyl (C=O) groups excluding carboxylic acids is 2. The van der Waals surface area contributed by atoms with Gasteiger partial charge in [0.25, 0.3) is 5.91 Å². The maximum Gasteiger partial charge on any atom is 0.442 e. The topological polar surface area (TPSA) is 68.6 Å². The predicted molar refractivity (Wildman–Crippen MR) is 136 cm³/mol. The Bertz CT molecular complexity index is 1200. The van der Waals surface area contributed by atoms with Crippen LogP contribution in [-0.4, -0.2) is 78.0 Å². The number of hydrogen-bond donors (Lipinski definition) is 0. The first-order chi connectivity index (χ1) is 18.1. The van der Waals surface area contributed by atoms with Crippen molar-refractivity contribution in [3.8, 4) is 0 Å². The average Bonchev–Trinajstić information content (AvgIpc) is 3.75. The molecule has 2 saturated heterocycles. The molecule has 2 aromatic carbocycles. The molecular formula is C28H32F3N5O2. The Morgan fingerprint density at radius 2 is 1.55 bits per heavy atom. The molecule has 2 fully saturated rings. The van der Waals surface area contributed by atoms with Crippen LogP contribution in [0.1, 0.15) is 47.7 Å². The summed E-state index contributed by atoms with van der Waals surface area (Å²) in [6.45, 7) is 7.84. The van der Waals surface area contributed by atoms with Gasteiger partial charge in [-0.05, 0) is 23.6 Å². The van der Waals surface area contributed by atoms with Gasteiger partial charge in [0.2, 0.25) is 5.91 Å².